The van der Waals surface area contributed by atoms with Crippen molar-refractivity contribution in [2.75, 3.05) is 5.32 Å². The molecule has 0 aromatic heterocycles. The van der Waals surface area contributed by atoms with Gasteiger partial charge in [0.1, 0.15) is 5.02 Å². The molecule has 1 N–H and O–H groups in total. The quantitative estimate of drug-likeness (QED) is 0.621. The highest BCUT2D eigenvalue weighted by molar-refractivity contribution is 6.43. The zero-order valence-corrected chi connectivity index (χ0v) is 12.3. The molecule has 0 amide bonds. The fourth-order valence-corrected chi connectivity index (χ4v) is 2.20. The maximum atomic E-state index is 10.8. The zero-order chi connectivity index (χ0) is 14.7. The van der Waals surface area contributed by atoms with Crippen molar-refractivity contribution in [2.24, 2.45) is 0 Å². The van der Waals surface area contributed by atoms with Gasteiger partial charge in [-0.3, -0.25) is 10.1 Å². The van der Waals surface area contributed by atoms with Gasteiger partial charge in [-0.05, 0) is 23.8 Å². The molecule has 0 aliphatic heterocycles. The van der Waals surface area contributed by atoms with E-state index >= 15 is 0 Å². The molecule has 2 aromatic carbocycles. The molecule has 0 saturated heterocycles. The first-order chi connectivity index (χ1) is 9.49. The smallest absolute Gasteiger partial charge is 0.288 e. The molecule has 20 heavy (non-hydrogen) atoms. The van der Waals surface area contributed by atoms with Crippen molar-refractivity contribution < 1.29 is 4.92 Å². The summed E-state index contributed by atoms with van der Waals surface area (Å²) < 4.78 is 0. The molecule has 2 aromatic rings. The van der Waals surface area contributed by atoms with Crippen LogP contribution >= 0.6 is 34.8 Å². The van der Waals surface area contributed by atoms with E-state index in [1.807, 2.05) is 0 Å². The highest BCUT2D eigenvalue weighted by atomic mass is 35.5. The van der Waals surface area contributed by atoms with E-state index < -0.39 is 4.92 Å². The van der Waals surface area contributed by atoms with Crippen molar-refractivity contribution in [3.05, 3.63) is 67.1 Å². The molecule has 7 heteroatoms. The summed E-state index contributed by atoms with van der Waals surface area (Å²) >= 11 is 17.7. The third-order valence-electron chi connectivity index (χ3n) is 2.64. The number of benzene rings is 2. The SMILES string of the molecule is O=[N+]([O-])c1cc(CNc2cccc(Cl)c2Cl)ccc1Cl. The number of hydrogen-bond acceptors (Lipinski definition) is 3. The highest BCUT2D eigenvalue weighted by Crippen LogP contribution is 2.30. The molecular weight excluding hydrogens is 323 g/mol. The Morgan fingerprint density at radius 1 is 1.10 bits per heavy atom. The minimum absolute atomic E-state index is 0.111. The number of halogens is 3. The minimum Gasteiger partial charge on any atom is -0.380 e. The van der Waals surface area contributed by atoms with Crippen molar-refractivity contribution >= 4 is 46.2 Å². The number of hydrogen-bond donors (Lipinski definition) is 1. The number of nitrogens with zero attached hydrogens (tertiary/aromatic N) is 1. The number of rotatable bonds is 4. The van der Waals surface area contributed by atoms with Gasteiger partial charge in [0.15, 0.2) is 0 Å². The first-order valence-corrected chi connectivity index (χ1v) is 6.73. The van der Waals surface area contributed by atoms with Crippen LogP contribution in [0.5, 0.6) is 0 Å². The Labute approximate surface area is 130 Å². The molecule has 2 rings (SSSR count). The van der Waals surface area contributed by atoms with Gasteiger partial charge in [-0.1, -0.05) is 46.9 Å². The molecule has 0 saturated carbocycles. The van der Waals surface area contributed by atoms with Crippen LogP contribution in [0.15, 0.2) is 36.4 Å². The predicted molar refractivity (Wildman–Crippen MR) is 81.9 cm³/mol. The molecule has 0 fully saturated rings. The molecule has 0 unspecified atom stereocenters. The summed E-state index contributed by atoms with van der Waals surface area (Å²) in [7, 11) is 0. The van der Waals surface area contributed by atoms with E-state index in [1.165, 1.54) is 12.1 Å². The molecule has 4 nitrogen and oxygen atoms in total. The van der Waals surface area contributed by atoms with Crippen LogP contribution in [0.2, 0.25) is 15.1 Å². The fourth-order valence-electron chi connectivity index (χ4n) is 1.65. The van der Waals surface area contributed by atoms with Gasteiger partial charge in [0.25, 0.3) is 5.69 Å². The van der Waals surface area contributed by atoms with Gasteiger partial charge >= 0.3 is 0 Å². The summed E-state index contributed by atoms with van der Waals surface area (Å²) in [6.07, 6.45) is 0. The summed E-state index contributed by atoms with van der Waals surface area (Å²) in [5.74, 6) is 0. The second kappa shape index (κ2) is 6.31. The summed E-state index contributed by atoms with van der Waals surface area (Å²) in [4.78, 5) is 10.3. The summed E-state index contributed by atoms with van der Waals surface area (Å²) in [5, 5.41) is 14.9. The van der Waals surface area contributed by atoms with Crippen LogP contribution in [0.25, 0.3) is 0 Å². The summed E-state index contributed by atoms with van der Waals surface area (Å²) in [5.41, 5.74) is 1.26. The molecule has 0 aliphatic rings. The largest absolute Gasteiger partial charge is 0.380 e. The standard InChI is InChI=1S/C13H9Cl3N2O2/c14-9-5-4-8(6-12(9)18(19)20)7-17-11-3-1-2-10(15)13(11)16/h1-6,17H,7H2. The number of anilines is 1. The van der Waals surface area contributed by atoms with E-state index in [2.05, 4.69) is 5.32 Å². The third kappa shape index (κ3) is 3.33. The molecule has 0 bridgehead atoms. The van der Waals surface area contributed by atoms with E-state index in [-0.39, 0.29) is 10.7 Å². The van der Waals surface area contributed by atoms with E-state index in [4.69, 9.17) is 34.8 Å². The first kappa shape index (κ1) is 14.9. The van der Waals surface area contributed by atoms with E-state index in [0.717, 1.165) is 5.56 Å². The van der Waals surface area contributed by atoms with E-state index in [1.54, 1.807) is 24.3 Å². The van der Waals surface area contributed by atoms with Crippen LogP contribution in [0, 0.1) is 10.1 Å². The lowest BCUT2D eigenvalue weighted by molar-refractivity contribution is -0.384. The maximum Gasteiger partial charge on any atom is 0.288 e. The van der Waals surface area contributed by atoms with Crippen molar-refractivity contribution in [1.82, 2.24) is 0 Å². The molecule has 0 heterocycles. The number of nitro groups is 1. The highest BCUT2D eigenvalue weighted by Gasteiger charge is 2.12. The second-order valence-corrected chi connectivity index (χ2v) is 5.19. The Balaban J connectivity index is 2.17. The van der Waals surface area contributed by atoms with Crippen LogP contribution in [0.1, 0.15) is 5.56 Å². The van der Waals surface area contributed by atoms with E-state index in [9.17, 15) is 10.1 Å². The fraction of sp³-hybridized carbons (Fsp3) is 0.0769. The van der Waals surface area contributed by atoms with Crippen LogP contribution in [-0.4, -0.2) is 4.92 Å². The van der Waals surface area contributed by atoms with Gasteiger partial charge in [-0.2, -0.15) is 0 Å². The predicted octanol–water partition coefficient (Wildman–Crippen LogP) is 5.17. The topological polar surface area (TPSA) is 55.2 Å². The maximum absolute atomic E-state index is 10.8. The number of nitro benzene ring substituents is 1. The van der Waals surface area contributed by atoms with Crippen LogP contribution in [0.4, 0.5) is 11.4 Å². The lowest BCUT2D eigenvalue weighted by Gasteiger charge is -2.09. The van der Waals surface area contributed by atoms with Gasteiger partial charge in [-0.15, -0.1) is 0 Å². The Bertz CT molecular complexity index is 662. The van der Waals surface area contributed by atoms with Gasteiger partial charge in [0.2, 0.25) is 0 Å². The van der Waals surface area contributed by atoms with Crippen LogP contribution in [-0.2, 0) is 6.54 Å². The third-order valence-corrected chi connectivity index (χ3v) is 3.78. The monoisotopic (exact) mass is 330 g/mol. The van der Waals surface area contributed by atoms with Crippen molar-refractivity contribution in [2.45, 2.75) is 6.54 Å². The average molecular weight is 332 g/mol. The van der Waals surface area contributed by atoms with Crippen LogP contribution < -0.4 is 5.32 Å². The first-order valence-electron chi connectivity index (χ1n) is 5.59. The number of nitrogens with one attached hydrogen (secondary N) is 1. The van der Waals surface area contributed by atoms with Crippen molar-refractivity contribution in [1.29, 1.82) is 0 Å². The van der Waals surface area contributed by atoms with Gasteiger partial charge < -0.3 is 5.32 Å². The summed E-state index contributed by atoms with van der Waals surface area (Å²) in [6.45, 7) is 0.373. The van der Waals surface area contributed by atoms with E-state index in [0.29, 0.717) is 22.3 Å². The Morgan fingerprint density at radius 2 is 1.85 bits per heavy atom. The van der Waals surface area contributed by atoms with Gasteiger partial charge in [0, 0.05) is 12.6 Å². The van der Waals surface area contributed by atoms with Gasteiger partial charge in [0.05, 0.1) is 20.7 Å². The van der Waals surface area contributed by atoms with Crippen LogP contribution in [0.3, 0.4) is 0 Å². The lowest BCUT2D eigenvalue weighted by Crippen LogP contribution is -2.01. The lowest BCUT2D eigenvalue weighted by atomic mass is 10.2. The molecule has 104 valence electrons. The molecule has 0 spiro atoms. The summed E-state index contributed by atoms with van der Waals surface area (Å²) in [6, 6.07) is 9.85. The van der Waals surface area contributed by atoms with Crippen molar-refractivity contribution in [3.63, 3.8) is 0 Å². The van der Waals surface area contributed by atoms with Crippen molar-refractivity contribution in [3.8, 4) is 0 Å². The normalized spacial score (nSPS) is 10.3. The second-order valence-electron chi connectivity index (χ2n) is 4.00. The molecular formula is C13H9Cl3N2O2. The Morgan fingerprint density at radius 3 is 2.55 bits per heavy atom. The minimum atomic E-state index is -0.516. The molecule has 0 aliphatic carbocycles. The molecule has 0 radical (unpaired) electrons. The zero-order valence-electron chi connectivity index (χ0n) is 10.1. The Kier molecular flexibility index (Phi) is 4.70. The average Bonchev–Trinajstić information content (AvgIpc) is 2.41. The molecule has 0 atom stereocenters. The Hall–Kier alpha value is -1.49. The van der Waals surface area contributed by atoms with Gasteiger partial charge in [-0.25, -0.2) is 0 Å².